The molecule has 7 nitrogen and oxygen atoms in total. The van der Waals surface area contributed by atoms with Gasteiger partial charge in [-0.1, -0.05) is 0 Å². The van der Waals surface area contributed by atoms with E-state index >= 15 is 0 Å². The first-order valence-corrected chi connectivity index (χ1v) is 10.3. The van der Waals surface area contributed by atoms with Crippen LogP contribution >= 0.6 is 11.8 Å². The second kappa shape index (κ2) is 9.47. The minimum absolute atomic E-state index is 0.106. The highest BCUT2D eigenvalue weighted by Crippen LogP contribution is 2.26. The van der Waals surface area contributed by atoms with Crippen molar-refractivity contribution in [1.29, 1.82) is 0 Å². The first kappa shape index (κ1) is 20.7. The molecule has 1 fully saturated rings. The van der Waals surface area contributed by atoms with Gasteiger partial charge in [-0.3, -0.25) is 9.59 Å². The van der Waals surface area contributed by atoms with Crippen LogP contribution in [-0.4, -0.2) is 44.3 Å². The van der Waals surface area contributed by atoms with Crippen LogP contribution in [0, 0.1) is 0 Å². The van der Waals surface area contributed by atoms with Gasteiger partial charge in [-0.15, -0.1) is 11.8 Å². The van der Waals surface area contributed by atoms with Crippen molar-refractivity contribution in [3.8, 4) is 5.75 Å². The lowest BCUT2D eigenvalue weighted by atomic mass is 10.2. The van der Waals surface area contributed by atoms with Crippen molar-refractivity contribution in [3.05, 3.63) is 48.0 Å². The minimum Gasteiger partial charge on any atom is -0.496 e. The van der Waals surface area contributed by atoms with Gasteiger partial charge in [0, 0.05) is 29.2 Å². The molecule has 2 amide bonds. The number of benzene rings is 2. The molecular formula is C21H22N2O5S. The van der Waals surface area contributed by atoms with Crippen LogP contribution < -0.4 is 15.0 Å². The van der Waals surface area contributed by atoms with E-state index in [0.717, 1.165) is 17.0 Å². The van der Waals surface area contributed by atoms with E-state index in [1.54, 1.807) is 47.4 Å². The Morgan fingerprint density at radius 1 is 1.17 bits per heavy atom. The minimum atomic E-state index is -0.632. The van der Waals surface area contributed by atoms with Gasteiger partial charge in [-0.05, 0) is 55.1 Å². The topological polar surface area (TPSA) is 84.9 Å². The average molecular weight is 414 g/mol. The van der Waals surface area contributed by atoms with E-state index in [-0.39, 0.29) is 11.5 Å². The van der Waals surface area contributed by atoms with Gasteiger partial charge in [0.1, 0.15) is 11.3 Å². The number of thioether (sulfide) groups is 1. The van der Waals surface area contributed by atoms with E-state index in [0.29, 0.717) is 24.4 Å². The monoisotopic (exact) mass is 414 g/mol. The number of ether oxygens (including phenoxy) is 2. The number of nitrogens with zero attached hydrogens (tertiary/aromatic N) is 1. The fourth-order valence-electron chi connectivity index (χ4n) is 3.02. The van der Waals surface area contributed by atoms with Gasteiger partial charge in [-0.25, -0.2) is 4.79 Å². The van der Waals surface area contributed by atoms with Crippen LogP contribution in [0.2, 0.25) is 0 Å². The smallest absolute Gasteiger partial charge is 0.342 e. The van der Waals surface area contributed by atoms with Crippen molar-refractivity contribution in [3.63, 3.8) is 0 Å². The van der Waals surface area contributed by atoms with Crippen molar-refractivity contribution in [2.45, 2.75) is 17.7 Å². The number of carbonyl (C=O) groups is 3. The Morgan fingerprint density at radius 3 is 2.55 bits per heavy atom. The van der Waals surface area contributed by atoms with Crippen molar-refractivity contribution in [2.24, 2.45) is 0 Å². The highest BCUT2D eigenvalue weighted by molar-refractivity contribution is 7.98. The molecule has 0 spiro atoms. The van der Waals surface area contributed by atoms with Crippen LogP contribution in [0.5, 0.6) is 5.75 Å². The summed E-state index contributed by atoms with van der Waals surface area (Å²) in [6, 6.07) is 12.1. The lowest BCUT2D eigenvalue weighted by molar-refractivity contribution is -0.119. The van der Waals surface area contributed by atoms with E-state index < -0.39 is 18.5 Å². The lowest BCUT2D eigenvalue weighted by Crippen LogP contribution is -2.24. The number of amides is 2. The second-order valence-electron chi connectivity index (χ2n) is 6.39. The summed E-state index contributed by atoms with van der Waals surface area (Å²) >= 11 is 1.53. The van der Waals surface area contributed by atoms with E-state index in [9.17, 15) is 14.4 Å². The number of methoxy groups -OCH3 is 1. The Hall–Kier alpha value is -3.00. The number of hydrogen-bond acceptors (Lipinski definition) is 6. The lowest BCUT2D eigenvalue weighted by Gasteiger charge is -2.16. The summed E-state index contributed by atoms with van der Waals surface area (Å²) in [7, 11) is 1.47. The maximum absolute atomic E-state index is 12.3. The molecule has 0 unspecified atom stereocenters. The third kappa shape index (κ3) is 5.08. The Bertz CT molecular complexity index is 914. The predicted molar refractivity (Wildman–Crippen MR) is 112 cm³/mol. The molecule has 0 radical (unpaired) electrons. The molecule has 1 heterocycles. The fourth-order valence-corrected chi connectivity index (χ4v) is 3.45. The zero-order valence-corrected chi connectivity index (χ0v) is 17.1. The van der Waals surface area contributed by atoms with Gasteiger partial charge < -0.3 is 19.7 Å². The maximum Gasteiger partial charge on any atom is 0.342 e. The van der Waals surface area contributed by atoms with Crippen LogP contribution in [0.4, 0.5) is 11.4 Å². The highest BCUT2D eigenvalue weighted by Gasteiger charge is 2.21. The van der Waals surface area contributed by atoms with Gasteiger partial charge in [0.25, 0.3) is 5.91 Å². The first-order valence-electron chi connectivity index (χ1n) is 9.11. The zero-order chi connectivity index (χ0) is 20.8. The Kier molecular flexibility index (Phi) is 6.77. The van der Waals surface area contributed by atoms with Crippen LogP contribution in [-0.2, 0) is 14.3 Å². The molecule has 0 bridgehead atoms. The zero-order valence-electron chi connectivity index (χ0n) is 16.3. The Morgan fingerprint density at radius 2 is 1.93 bits per heavy atom. The SMILES string of the molecule is COc1cc(SC)ccc1C(=O)OCC(=O)Nc1ccc(N2CCCC2=O)cc1. The molecule has 1 saturated heterocycles. The molecule has 2 aromatic rings. The second-order valence-corrected chi connectivity index (χ2v) is 7.27. The number of rotatable bonds is 7. The third-order valence-electron chi connectivity index (χ3n) is 4.50. The van der Waals surface area contributed by atoms with E-state index in [2.05, 4.69) is 5.32 Å². The quantitative estimate of drug-likeness (QED) is 0.553. The van der Waals surface area contributed by atoms with E-state index in [1.165, 1.54) is 18.9 Å². The van der Waals surface area contributed by atoms with Crippen LogP contribution in [0.25, 0.3) is 0 Å². The molecule has 1 N–H and O–H groups in total. The van der Waals surface area contributed by atoms with Gasteiger partial charge in [0.2, 0.25) is 5.91 Å². The van der Waals surface area contributed by atoms with E-state index in [1.807, 2.05) is 6.26 Å². The molecule has 29 heavy (non-hydrogen) atoms. The van der Waals surface area contributed by atoms with Crippen LogP contribution in [0.3, 0.4) is 0 Å². The highest BCUT2D eigenvalue weighted by atomic mass is 32.2. The van der Waals surface area contributed by atoms with E-state index in [4.69, 9.17) is 9.47 Å². The number of nitrogens with one attached hydrogen (secondary N) is 1. The number of esters is 1. The largest absolute Gasteiger partial charge is 0.496 e. The molecule has 3 rings (SSSR count). The van der Waals surface area contributed by atoms with Crippen molar-refractivity contribution in [2.75, 3.05) is 36.7 Å². The summed E-state index contributed by atoms with van der Waals surface area (Å²) in [6.45, 7) is 0.292. The van der Waals surface area contributed by atoms with Crippen molar-refractivity contribution >= 4 is 40.9 Å². The molecule has 152 valence electrons. The van der Waals surface area contributed by atoms with Crippen molar-refractivity contribution < 1.29 is 23.9 Å². The number of hydrogen-bond donors (Lipinski definition) is 1. The molecule has 0 aromatic heterocycles. The van der Waals surface area contributed by atoms with Crippen molar-refractivity contribution in [1.82, 2.24) is 0 Å². The fraction of sp³-hybridized carbons (Fsp3) is 0.286. The summed E-state index contributed by atoms with van der Waals surface area (Å²) in [5, 5.41) is 2.67. The summed E-state index contributed by atoms with van der Waals surface area (Å²) in [6.07, 6.45) is 3.34. The molecule has 0 aliphatic carbocycles. The van der Waals surface area contributed by atoms with Crippen LogP contribution in [0.15, 0.2) is 47.4 Å². The number of anilines is 2. The number of carbonyl (C=O) groups excluding carboxylic acids is 3. The average Bonchev–Trinajstić information content (AvgIpc) is 3.17. The molecule has 8 heteroatoms. The summed E-state index contributed by atoms with van der Waals surface area (Å²) in [5.74, 6) is -0.584. The standard InChI is InChI=1S/C21H22N2O5S/c1-27-18-12-16(29-2)9-10-17(18)21(26)28-13-19(24)22-14-5-7-15(8-6-14)23-11-3-4-20(23)25/h5-10,12H,3-4,11,13H2,1-2H3,(H,22,24). The summed E-state index contributed by atoms with van der Waals surface area (Å²) < 4.78 is 10.3. The van der Waals surface area contributed by atoms with Gasteiger partial charge in [0.15, 0.2) is 6.61 Å². The molecular weight excluding hydrogens is 392 g/mol. The maximum atomic E-state index is 12.3. The molecule has 1 aliphatic rings. The molecule has 0 atom stereocenters. The summed E-state index contributed by atoms with van der Waals surface area (Å²) in [4.78, 5) is 38.8. The summed E-state index contributed by atoms with van der Waals surface area (Å²) in [5.41, 5.74) is 1.62. The normalized spacial score (nSPS) is 13.3. The molecule has 2 aromatic carbocycles. The molecule has 0 saturated carbocycles. The van der Waals surface area contributed by atoms with Gasteiger partial charge in [-0.2, -0.15) is 0 Å². The Labute approximate surface area is 173 Å². The Balaban J connectivity index is 1.54. The third-order valence-corrected chi connectivity index (χ3v) is 5.22. The van der Waals surface area contributed by atoms with Gasteiger partial charge >= 0.3 is 5.97 Å². The van der Waals surface area contributed by atoms with Crippen LogP contribution in [0.1, 0.15) is 23.2 Å². The molecule has 1 aliphatic heterocycles. The predicted octanol–water partition coefficient (Wildman–Crippen LogP) is 3.34. The first-order chi connectivity index (χ1) is 14.0. The van der Waals surface area contributed by atoms with Gasteiger partial charge in [0.05, 0.1) is 7.11 Å².